The summed E-state index contributed by atoms with van der Waals surface area (Å²) in [6.07, 6.45) is 7.85. The van der Waals surface area contributed by atoms with Crippen molar-refractivity contribution in [1.82, 2.24) is 4.90 Å². The van der Waals surface area contributed by atoms with Crippen molar-refractivity contribution in [2.75, 3.05) is 13.1 Å². The Labute approximate surface area is 131 Å². The van der Waals surface area contributed by atoms with Gasteiger partial charge in [-0.25, -0.2) is 4.39 Å². The van der Waals surface area contributed by atoms with Crippen LogP contribution in [0.3, 0.4) is 0 Å². The zero-order valence-electron chi connectivity index (χ0n) is 12.4. The Morgan fingerprint density at radius 3 is 2.76 bits per heavy atom. The van der Waals surface area contributed by atoms with Crippen LogP contribution >= 0.6 is 11.6 Å². The number of nitrogens with zero attached hydrogens (tertiary/aromatic N) is 1. The maximum absolute atomic E-state index is 13.3. The molecule has 1 aliphatic carbocycles. The molecule has 2 nitrogen and oxygen atoms in total. The van der Waals surface area contributed by atoms with Crippen molar-refractivity contribution in [1.29, 1.82) is 0 Å². The molecule has 3 unspecified atom stereocenters. The zero-order chi connectivity index (χ0) is 14.8. The third-order valence-electron chi connectivity index (χ3n) is 5.23. The zero-order valence-corrected chi connectivity index (χ0v) is 13.2. The van der Waals surface area contributed by atoms with Gasteiger partial charge in [0.05, 0.1) is 0 Å². The van der Waals surface area contributed by atoms with Gasteiger partial charge in [-0.2, -0.15) is 0 Å². The van der Waals surface area contributed by atoms with Crippen LogP contribution in [0.4, 0.5) is 4.39 Å². The van der Waals surface area contributed by atoms with Gasteiger partial charge in [0.1, 0.15) is 5.82 Å². The first kappa shape index (κ1) is 15.3. The van der Waals surface area contributed by atoms with Crippen molar-refractivity contribution < 1.29 is 4.39 Å². The van der Waals surface area contributed by atoms with E-state index in [0.29, 0.717) is 17.6 Å². The van der Waals surface area contributed by atoms with Crippen LogP contribution in [0, 0.1) is 11.7 Å². The fourth-order valence-corrected chi connectivity index (χ4v) is 4.56. The molecule has 1 aliphatic heterocycles. The highest BCUT2D eigenvalue weighted by molar-refractivity contribution is 6.31. The quantitative estimate of drug-likeness (QED) is 0.909. The van der Waals surface area contributed by atoms with Crippen LogP contribution in [0.15, 0.2) is 18.2 Å². The number of rotatable bonds is 3. The van der Waals surface area contributed by atoms with Crippen molar-refractivity contribution in [2.45, 2.75) is 50.6 Å². The van der Waals surface area contributed by atoms with E-state index in [1.54, 1.807) is 0 Å². The topological polar surface area (TPSA) is 29.3 Å². The van der Waals surface area contributed by atoms with Gasteiger partial charge in [-0.1, -0.05) is 30.5 Å². The number of nitrogens with two attached hydrogens (primary N) is 1. The summed E-state index contributed by atoms with van der Waals surface area (Å²) in [6, 6.07) is 5.45. The largest absolute Gasteiger partial charge is 0.329 e. The molecule has 4 heteroatoms. The van der Waals surface area contributed by atoms with Crippen molar-refractivity contribution in [3.8, 4) is 0 Å². The predicted molar refractivity (Wildman–Crippen MR) is 84.9 cm³/mol. The highest BCUT2D eigenvalue weighted by atomic mass is 35.5. The molecule has 0 aromatic heterocycles. The molecule has 2 fully saturated rings. The fraction of sp³-hybridized carbons (Fsp3) is 0.647. The number of hydrogen-bond acceptors (Lipinski definition) is 2. The molecule has 3 rings (SSSR count). The Kier molecular flexibility index (Phi) is 4.82. The van der Waals surface area contributed by atoms with Crippen molar-refractivity contribution in [3.05, 3.63) is 34.6 Å². The van der Waals surface area contributed by atoms with E-state index in [1.165, 1.54) is 50.7 Å². The van der Waals surface area contributed by atoms with E-state index < -0.39 is 0 Å². The third kappa shape index (κ3) is 3.10. The lowest BCUT2D eigenvalue weighted by molar-refractivity contribution is 0.0276. The van der Waals surface area contributed by atoms with E-state index in [1.807, 2.05) is 6.07 Å². The Hall–Kier alpha value is -0.640. The van der Waals surface area contributed by atoms with E-state index in [4.69, 9.17) is 17.3 Å². The standard InChI is InChI=1S/C17H24ClFN2/c18-15-10-13(19)7-8-14(15)17(11-20)21-9-3-5-12-4-1-2-6-16(12)21/h7-8,10,12,16-17H,1-6,9,11,20H2. The number of piperidine rings is 1. The second-order valence-corrected chi connectivity index (χ2v) is 6.82. The average Bonchev–Trinajstić information content (AvgIpc) is 2.50. The normalized spacial score (nSPS) is 28.1. The second kappa shape index (κ2) is 6.64. The summed E-state index contributed by atoms with van der Waals surface area (Å²) in [7, 11) is 0. The lowest BCUT2D eigenvalue weighted by Crippen LogP contribution is -2.50. The second-order valence-electron chi connectivity index (χ2n) is 6.41. The minimum atomic E-state index is -0.284. The summed E-state index contributed by atoms with van der Waals surface area (Å²) < 4.78 is 13.3. The molecule has 116 valence electrons. The predicted octanol–water partition coefficient (Wildman–Crippen LogP) is 4.13. The molecule has 0 spiro atoms. The SMILES string of the molecule is NCC(c1ccc(F)cc1Cl)N1CCCC2CCCCC21. The van der Waals surface area contributed by atoms with Gasteiger partial charge in [0, 0.05) is 23.7 Å². The fourth-order valence-electron chi connectivity index (χ4n) is 4.26. The van der Waals surface area contributed by atoms with Crippen LogP contribution in [0.5, 0.6) is 0 Å². The smallest absolute Gasteiger partial charge is 0.124 e. The maximum atomic E-state index is 13.3. The Morgan fingerprint density at radius 1 is 1.24 bits per heavy atom. The van der Waals surface area contributed by atoms with Gasteiger partial charge >= 0.3 is 0 Å². The summed E-state index contributed by atoms with van der Waals surface area (Å²) >= 11 is 6.28. The number of fused-ring (bicyclic) bond motifs is 1. The Balaban J connectivity index is 1.87. The first-order valence-electron chi connectivity index (χ1n) is 8.11. The molecule has 1 saturated carbocycles. The molecule has 1 heterocycles. The molecule has 0 radical (unpaired) electrons. The van der Waals surface area contributed by atoms with Gasteiger partial charge in [0.15, 0.2) is 0 Å². The molecular formula is C17H24ClFN2. The molecule has 3 atom stereocenters. The van der Waals surface area contributed by atoms with Gasteiger partial charge in [-0.15, -0.1) is 0 Å². The molecule has 0 amide bonds. The number of halogens is 2. The van der Waals surface area contributed by atoms with E-state index in [2.05, 4.69) is 4.90 Å². The summed E-state index contributed by atoms with van der Waals surface area (Å²) in [4.78, 5) is 2.55. The molecule has 2 N–H and O–H groups in total. The first-order chi connectivity index (χ1) is 10.2. The van der Waals surface area contributed by atoms with Gasteiger partial charge in [0.25, 0.3) is 0 Å². The molecule has 0 bridgehead atoms. The number of benzene rings is 1. The van der Waals surface area contributed by atoms with E-state index >= 15 is 0 Å². The van der Waals surface area contributed by atoms with Crippen LogP contribution in [-0.2, 0) is 0 Å². The van der Waals surface area contributed by atoms with Crippen molar-refractivity contribution >= 4 is 11.6 Å². The van der Waals surface area contributed by atoms with Gasteiger partial charge < -0.3 is 5.73 Å². The van der Waals surface area contributed by atoms with E-state index in [0.717, 1.165) is 18.0 Å². The molecule has 1 saturated heterocycles. The summed E-state index contributed by atoms with van der Waals surface area (Å²) in [5.74, 6) is 0.523. The summed E-state index contributed by atoms with van der Waals surface area (Å²) in [6.45, 7) is 1.62. The van der Waals surface area contributed by atoms with Crippen molar-refractivity contribution in [3.63, 3.8) is 0 Å². The number of likely N-dealkylation sites (tertiary alicyclic amines) is 1. The van der Waals surface area contributed by atoms with Gasteiger partial charge in [0.2, 0.25) is 0 Å². The van der Waals surface area contributed by atoms with Crippen LogP contribution in [-0.4, -0.2) is 24.0 Å². The highest BCUT2D eigenvalue weighted by Crippen LogP contribution is 2.40. The minimum Gasteiger partial charge on any atom is -0.329 e. The molecule has 1 aromatic carbocycles. The number of hydrogen-bond donors (Lipinski definition) is 1. The monoisotopic (exact) mass is 310 g/mol. The summed E-state index contributed by atoms with van der Waals surface area (Å²) in [5, 5.41) is 0.503. The summed E-state index contributed by atoms with van der Waals surface area (Å²) in [5.41, 5.74) is 7.05. The molecule has 1 aromatic rings. The van der Waals surface area contributed by atoms with Crippen LogP contribution in [0.25, 0.3) is 0 Å². The lowest BCUT2D eigenvalue weighted by Gasteiger charge is -2.47. The molecule has 2 aliphatic rings. The highest BCUT2D eigenvalue weighted by Gasteiger charge is 2.37. The Bertz CT molecular complexity index is 492. The first-order valence-corrected chi connectivity index (χ1v) is 8.49. The minimum absolute atomic E-state index is 0.115. The van der Waals surface area contributed by atoms with Crippen molar-refractivity contribution in [2.24, 2.45) is 11.7 Å². The molecular weight excluding hydrogens is 287 g/mol. The van der Waals surface area contributed by atoms with Crippen LogP contribution < -0.4 is 5.73 Å². The Morgan fingerprint density at radius 2 is 2.00 bits per heavy atom. The molecule has 21 heavy (non-hydrogen) atoms. The average molecular weight is 311 g/mol. The van der Waals surface area contributed by atoms with Gasteiger partial charge in [-0.3, -0.25) is 4.90 Å². The van der Waals surface area contributed by atoms with Crippen LogP contribution in [0.2, 0.25) is 5.02 Å². The maximum Gasteiger partial charge on any atom is 0.124 e. The third-order valence-corrected chi connectivity index (χ3v) is 5.56. The van der Waals surface area contributed by atoms with E-state index in [-0.39, 0.29) is 11.9 Å². The lowest BCUT2D eigenvalue weighted by atomic mass is 9.77. The van der Waals surface area contributed by atoms with Gasteiger partial charge in [-0.05, 0) is 55.8 Å². The van der Waals surface area contributed by atoms with Crippen LogP contribution in [0.1, 0.15) is 50.1 Å². The van der Waals surface area contributed by atoms with E-state index in [9.17, 15) is 4.39 Å².